The van der Waals surface area contributed by atoms with E-state index < -0.39 is 0 Å². The van der Waals surface area contributed by atoms with Crippen LogP contribution in [-0.4, -0.2) is 28.0 Å². The van der Waals surface area contributed by atoms with Crippen LogP contribution in [0.25, 0.3) is 10.2 Å². The van der Waals surface area contributed by atoms with E-state index in [2.05, 4.69) is 6.58 Å². The second-order valence-electron chi connectivity index (χ2n) is 6.37. The monoisotopic (exact) mass is 400 g/mol. The fourth-order valence-corrected chi connectivity index (χ4v) is 5.07. The number of benzene rings is 1. The van der Waals surface area contributed by atoms with Gasteiger partial charge in [0.15, 0.2) is 16.7 Å². The zero-order chi connectivity index (χ0) is 19.0. The van der Waals surface area contributed by atoms with Crippen LogP contribution >= 0.6 is 23.1 Å². The molecule has 1 aliphatic heterocycles. The lowest BCUT2D eigenvalue weighted by molar-refractivity contribution is 0.107. The lowest BCUT2D eigenvalue weighted by atomic mass is 10.2. The molecule has 1 aromatic carbocycles. The van der Waals surface area contributed by atoms with Gasteiger partial charge < -0.3 is 9.47 Å². The molecule has 27 heavy (non-hydrogen) atoms. The number of aromatic nitrogens is 2. The Bertz CT molecular complexity index is 1070. The molecule has 0 saturated carbocycles. The number of rotatable bonds is 5. The molecule has 1 atom stereocenters. The first kappa shape index (κ1) is 18.1. The van der Waals surface area contributed by atoms with Crippen molar-refractivity contribution in [3.05, 3.63) is 57.7 Å². The first-order valence-corrected chi connectivity index (χ1v) is 10.5. The van der Waals surface area contributed by atoms with Gasteiger partial charge in [-0.2, -0.15) is 0 Å². The van der Waals surface area contributed by atoms with Gasteiger partial charge >= 0.3 is 0 Å². The first-order valence-electron chi connectivity index (χ1n) is 8.71. The van der Waals surface area contributed by atoms with Gasteiger partial charge in [-0.3, -0.25) is 9.36 Å². The summed E-state index contributed by atoms with van der Waals surface area (Å²) in [6, 6.07) is 7.66. The highest BCUT2D eigenvalue weighted by molar-refractivity contribution is 7.99. The van der Waals surface area contributed by atoms with E-state index in [-0.39, 0.29) is 11.7 Å². The zero-order valence-electron chi connectivity index (χ0n) is 15.2. The highest BCUT2D eigenvalue weighted by Crippen LogP contribution is 2.33. The van der Waals surface area contributed by atoms with E-state index >= 15 is 0 Å². The molecule has 2 aromatic heterocycles. The Morgan fingerprint density at radius 2 is 2.15 bits per heavy atom. The Morgan fingerprint density at radius 3 is 2.93 bits per heavy atom. The van der Waals surface area contributed by atoms with Crippen molar-refractivity contribution < 1.29 is 9.47 Å². The van der Waals surface area contributed by atoms with Gasteiger partial charge in [-0.15, -0.1) is 17.9 Å². The fourth-order valence-electron chi connectivity index (χ4n) is 3.02. The lowest BCUT2D eigenvalue weighted by Gasteiger charge is -2.26. The highest BCUT2D eigenvalue weighted by atomic mass is 32.2. The number of thioether (sulfide) groups is 1. The molecule has 0 amide bonds. The molecule has 3 aromatic rings. The van der Waals surface area contributed by atoms with E-state index in [4.69, 9.17) is 14.5 Å². The van der Waals surface area contributed by atoms with Crippen molar-refractivity contribution in [2.45, 2.75) is 31.7 Å². The minimum atomic E-state index is -0.0958. The molecular formula is C20H20N2O3S2. The van der Waals surface area contributed by atoms with E-state index in [9.17, 15) is 4.79 Å². The van der Waals surface area contributed by atoms with Crippen LogP contribution in [0.4, 0.5) is 0 Å². The Hall–Kier alpha value is -2.25. The summed E-state index contributed by atoms with van der Waals surface area (Å²) < 4.78 is 13.5. The van der Waals surface area contributed by atoms with E-state index in [0.29, 0.717) is 24.1 Å². The third-order valence-electron chi connectivity index (χ3n) is 4.53. The number of thiophene rings is 1. The predicted molar refractivity (Wildman–Crippen MR) is 111 cm³/mol. The Balaban J connectivity index is 1.61. The van der Waals surface area contributed by atoms with Crippen LogP contribution in [0.15, 0.2) is 46.9 Å². The van der Waals surface area contributed by atoms with Crippen LogP contribution in [0.2, 0.25) is 0 Å². The van der Waals surface area contributed by atoms with Crippen molar-refractivity contribution >= 4 is 33.3 Å². The Labute approximate surface area is 165 Å². The fraction of sp³-hybridized carbons (Fsp3) is 0.300. The number of hydrogen-bond donors (Lipinski definition) is 0. The number of ether oxygens (including phenoxy) is 2. The second-order valence-corrected chi connectivity index (χ2v) is 8.56. The van der Waals surface area contributed by atoms with Crippen molar-refractivity contribution in [3.8, 4) is 11.5 Å². The van der Waals surface area contributed by atoms with Crippen LogP contribution in [0.1, 0.15) is 10.4 Å². The van der Waals surface area contributed by atoms with E-state index in [0.717, 1.165) is 32.2 Å². The molecule has 5 nitrogen and oxygen atoms in total. The summed E-state index contributed by atoms with van der Waals surface area (Å²) in [5, 5.41) is 1.41. The van der Waals surface area contributed by atoms with Crippen LogP contribution in [-0.2, 0) is 6.54 Å². The molecule has 0 bridgehead atoms. The van der Waals surface area contributed by atoms with Gasteiger partial charge in [-0.05, 0) is 31.5 Å². The quantitative estimate of drug-likeness (QED) is 0.365. The zero-order valence-corrected chi connectivity index (χ0v) is 16.9. The Kier molecular flexibility index (Phi) is 4.97. The second kappa shape index (κ2) is 7.40. The molecule has 0 unspecified atom stereocenters. The summed E-state index contributed by atoms with van der Waals surface area (Å²) in [5.74, 6) is 2.17. The number of hydrogen-bond acceptors (Lipinski definition) is 6. The van der Waals surface area contributed by atoms with Gasteiger partial charge in [-0.1, -0.05) is 30.0 Å². The normalized spacial score (nSPS) is 15.9. The average molecular weight is 401 g/mol. The van der Waals surface area contributed by atoms with Crippen molar-refractivity contribution in [2.24, 2.45) is 0 Å². The molecule has 140 valence electrons. The van der Waals surface area contributed by atoms with Crippen LogP contribution in [0.3, 0.4) is 0 Å². The van der Waals surface area contributed by atoms with Crippen LogP contribution < -0.4 is 15.0 Å². The summed E-state index contributed by atoms with van der Waals surface area (Å²) in [6.45, 7) is 8.70. The summed E-state index contributed by atoms with van der Waals surface area (Å²) in [4.78, 5) is 19.7. The minimum Gasteiger partial charge on any atom is -0.486 e. The van der Waals surface area contributed by atoms with Crippen LogP contribution in [0.5, 0.6) is 11.5 Å². The SMILES string of the molecule is C=CCn1c(SC[C@H]2COc3ccccc3O2)nc2sc(C)c(C)c2c1=O. The molecule has 0 radical (unpaired) electrons. The molecule has 0 N–H and O–H groups in total. The lowest BCUT2D eigenvalue weighted by Crippen LogP contribution is -2.31. The summed E-state index contributed by atoms with van der Waals surface area (Å²) >= 11 is 3.08. The van der Waals surface area contributed by atoms with Crippen molar-refractivity contribution in [1.29, 1.82) is 0 Å². The molecule has 4 rings (SSSR count). The standard InChI is InChI=1S/C20H20N2O3S2/c1-4-9-22-19(23)17-12(2)13(3)27-18(17)21-20(22)26-11-14-10-24-15-7-5-6-8-16(15)25-14/h4-8,14H,1,9-11H2,2-3H3/t14-/m1/s1. The predicted octanol–water partition coefficient (Wildman–Crippen LogP) is 4.19. The number of aryl methyl sites for hydroxylation is 2. The average Bonchev–Trinajstić information content (AvgIpc) is 2.96. The maximum Gasteiger partial charge on any atom is 0.263 e. The van der Waals surface area contributed by atoms with Gasteiger partial charge in [0, 0.05) is 17.2 Å². The van der Waals surface area contributed by atoms with Crippen LogP contribution in [0, 0.1) is 13.8 Å². The maximum atomic E-state index is 13.0. The topological polar surface area (TPSA) is 53.4 Å². The minimum absolute atomic E-state index is 0.00425. The molecular weight excluding hydrogens is 380 g/mol. The summed E-state index contributed by atoms with van der Waals surface area (Å²) in [6.07, 6.45) is 1.63. The van der Waals surface area contributed by atoms with Crippen molar-refractivity contribution in [3.63, 3.8) is 0 Å². The highest BCUT2D eigenvalue weighted by Gasteiger charge is 2.22. The van der Waals surface area contributed by atoms with E-state index in [1.807, 2.05) is 38.1 Å². The van der Waals surface area contributed by atoms with Gasteiger partial charge in [-0.25, -0.2) is 4.98 Å². The first-order chi connectivity index (χ1) is 13.1. The summed E-state index contributed by atoms with van der Waals surface area (Å²) in [5.41, 5.74) is 1.01. The van der Waals surface area contributed by atoms with E-state index in [1.54, 1.807) is 22.0 Å². The molecule has 3 heterocycles. The number of fused-ring (bicyclic) bond motifs is 2. The summed E-state index contributed by atoms with van der Waals surface area (Å²) in [7, 11) is 0. The largest absolute Gasteiger partial charge is 0.486 e. The molecule has 0 aliphatic carbocycles. The molecule has 1 aliphatic rings. The molecule has 7 heteroatoms. The smallest absolute Gasteiger partial charge is 0.263 e. The maximum absolute atomic E-state index is 13.0. The van der Waals surface area contributed by atoms with Crippen molar-refractivity contribution in [1.82, 2.24) is 9.55 Å². The molecule has 0 fully saturated rings. The third kappa shape index (κ3) is 3.37. The van der Waals surface area contributed by atoms with E-state index in [1.165, 1.54) is 11.8 Å². The molecule has 0 spiro atoms. The third-order valence-corrected chi connectivity index (χ3v) is 6.74. The Morgan fingerprint density at radius 1 is 1.37 bits per heavy atom. The van der Waals surface area contributed by atoms with Crippen molar-refractivity contribution in [2.75, 3.05) is 12.4 Å². The molecule has 0 saturated heterocycles. The number of nitrogens with zero attached hydrogens (tertiary/aromatic N) is 2. The van der Waals surface area contributed by atoms with Gasteiger partial charge in [0.2, 0.25) is 0 Å². The van der Waals surface area contributed by atoms with Gasteiger partial charge in [0.05, 0.1) is 5.39 Å². The van der Waals surface area contributed by atoms with Gasteiger partial charge in [0.1, 0.15) is 17.5 Å². The number of allylic oxidation sites excluding steroid dienone is 1. The van der Waals surface area contributed by atoms with Gasteiger partial charge in [0.25, 0.3) is 5.56 Å². The number of para-hydroxylation sites is 2.